The first-order valence-corrected chi connectivity index (χ1v) is 11.3. The Hall–Kier alpha value is -3.31. The van der Waals surface area contributed by atoms with Crippen LogP contribution in [0.1, 0.15) is 31.8 Å². The molecule has 0 radical (unpaired) electrons. The largest absolute Gasteiger partial charge is 0.484 e. The molecule has 32 heavy (non-hydrogen) atoms. The van der Waals surface area contributed by atoms with Crippen LogP contribution < -0.4 is 10.1 Å². The van der Waals surface area contributed by atoms with Gasteiger partial charge in [-0.25, -0.2) is 4.39 Å². The lowest BCUT2D eigenvalue weighted by atomic mass is 10.1. The van der Waals surface area contributed by atoms with Crippen molar-refractivity contribution in [3.05, 3.63) is 75.3 Å². The molecule has 2 aromatic heterocycles. The predicted molar refractivity (Wildman–Crippen MR) is 118 cm³/mol. The highest BCUT2D eigenvalue weighted by atomic mass is 32.2. The van der Waals surface area contributed by atoms with Crippen molar-refractivity contribution < 1.29 is 18.3 Å². The lowest BCUT2D eigenvalue weighted by molar-refractivity contribution is 0.102. The van der Waals surface area contributed by atoms with Crippen molar-refractivity contribution in [3.8, 4) is 5.75 Å². The van der Waals surface area contributed by atoms with Gasteiger partial charge in [0, 0.05) is 5.69 Å². The minimum atomic E-state index is -0.408. The summed E-state index contributed by atoms with van der Waals surface area (Å²) in [5.74, 6) is 0.775. The number of hydrogen-bond acceptors (Lipinski definition) is 9. The Labute approximate surface area is 191 Å². The van der Waals surface area contributed by atoms with Crippen LogP contribution in [0.5, 0.6) is 5.75 Å². The van der Waals surface area contributed by atoms with Crippen molar-refractivity contribution in [3.63, 3.8) is 0 Å². The molecule has 8 nitrogen and oxygen atoms in total. The van der Waals surface area contributed by atoms with Crippen molar-refractivity contribution in [1.29, 1.82) is 0 Å². The number of ether oxygens (including phenoxy) is 1. The van der Waals surface area contributed by atoms with E-state index >= 15 is 0 Å². The average Bonchev–Trinajstić information content (AvgIpc) is 3.44. The minimum Gasteiger partial charge on any atom is -0.484 e. The Morgan fingerprint density at radius 2 is 1.94 bits per heavy atom. The van der Waals surface area contributed by atoms with Crippen LogP contribution in [0, 0.1) is 19.7 Å². The van der Waals surface area contributed by atoms with Gasteiger partial charge in [-0.3, -0.25) is 4.79 Å². The normalized spacial score (nSPS) is 10.8. The highest BCUT2D eigenvalue weighted by Crippen LogP contribution is 2.25. The van der Waals surface area contributed by atoms with Crippen molar-refractivity contribution >= 4 is 34.7 Å². The lowest BCUT2D eigenvalue weighted by Gasteiger charge is -2.07. The van der Waals surface area contributed by atoms with Crippen LogP contribution in [0.3, 0.4) is 0 Å². The number of nitrogens with zero attached hydrogens (tertiary/aromatic N) is 4. The second-order valence-corrected chi connectivity index (χ2v) is 8.76. The van der Waals surface area contributed by atoms with E-state index in [9.17, 15) is 9.18 Å². The number of benzene rings is 2. The fraction of sp³-hybridized carbons (Fsp3) is 0.190. The van der Waals surface area contributed by atoms with Gasteiger partial charge in [0.15, 0.2) is 6.61 Å². The van der Waals surface area contributed by atoms with E-state index in [2.05, 4.69) is 25.7 Å². The molecule has 0 bridgehead atoms. The number of rotatable bonds is 8. The Morgan fingerprint density at radius 1 is 1.12 bits per heavy atom. The van der Waals surface area contributed by atoms with E-state index in [0.717, 1.165) is 28.2 Å². The number of carbonyl (C=O) groups excluding carboxylic acids is 1. The van der Waals surface area contributed by atoms with Crippen LogP contribution in [-0.4, -0.2) is 26.3 Å². The molecule has 0 fully saturated rings. The summed E-state index contributed by atoms with van der Waals surface area (Å²) in [6.07, 6.45) is 0. The van der Waals surface area contributed by atoms with Gasteiger partial charge in [0.2, 0.25) is 5.01 Å². The topological polar surface area (TPSA) is 103 Å². The Morgan fingerprint density at radius 3 is 2.75 bits per heavy atom. The molecule has 0 saturated carbocycles. The molecule has 0 aliphatic heterocycles. The Kier molecular flexibility index (Phi) is 6.76. The molecule has 11 heteroatoms. The summed E-state index contributed by atoms with van der Waals surface area (Å²) >= 11 is 2.45. The molecule has 1 N–H and O–H groups in total. The first-order valence-electron chi connectivity index (χ1n) is 9.51. The van der Waals surface area contributed by atoms with Gasteiger partial charge >= 0.3 is 0 Å². The Bertz CT molecular complexity index is 1230. The maximum absolute atomic E-state index is 13.0. The summed E-state index contributed by atoms with van der Waals surface area (Å²) < 4.78 is 24.3. The van der Waals surface area contributed by atoms with Crippen LogP contribution in [0.25, 0.3) is 0 Å². The molecule has 1 amide bonds. The highest BCUT2D eigenvalue weighted by Gasteiger charge is 2.15. The summed E-state index contributed by atoms with van der Waals surface area (Å²) in [6.45, 7) is 4.14. The number of hydrogen-bond donors (Lipinski definition) is 1. The third kappa shape index (κ3) is 5.68. The van der Waals surface area contributed by atoms with Crippen molar-refractivity contribution in [2.45, 2.75) is 31.4 Å². The standard InChI is InChI=1S/C21H18FN5O3S2/c1-12-3-4-13(2)16(9-12)29-10-17-24-27-21(30-17)31-11-18-25-26-20(32-18)19(28)23-15-7-5-14(22)6-8-15/h3-9H,10-11H2,1-2H3,(H,23,28). The van der Waals surface area contributed by atoms with Gasteiger partial charge < -0.3 is 14.5 Å². The number of anilines is 1. The zero-order valence-corrected chi connectivity index (χ0v) is 18.8. The lowest BCUT2D eigenvalue weighted by Crippen LogP contribution is -2.11. The predicted octanol–water partition coefficient (Wildman–Crippen LogP) is 4.80. The van der Waals surface area contributed by atoms with E-state index in [1.165, 1.54) is 36.0 Å². The van der Waals surface area contributed by atoms with Gasteiger partial charge in [-0.15, -0.1) is 20.4 Å². The molecular weight excluding hydrogens is 453 g/mol. The maximum atomic E-state index is 13.0. The molecule has 4 aromatic rings. The zero-order chi connectivity index (χ0) is 22.5. The molecule has 0 aliphatic carbocycles. The van der Waals surface area contributed by atoms with E-state index < -0.39 is 5.91 Å². The summed E-state index contributed by atoms with van der Waals surface area (Å²) in [5, 5.41) is 19.8. The summed E-state index contributed by atoms with van der Waals surface area (Å²) in [5.41, 5.74) is 2.61. The summed E-state index contributed by atoms with van der Waals surface area (Å²) in [6, 6.07) is 11.5. The van der Waals surface area contributed by atoms with E-state index in [1.807, 2.05) is 32.0 Å². The second kappa shape index (κ2) is 9.88. The Balaban J connectivity index is 1.28. The SMILES string of the molecule is Cc1ccc(C)c(OCc2nnc(SCc3nnc(C(=O)Nc4ccc(F)cc4)s3)o2)c1. The molecule has 0 saturated heterocycles. The number of aromatic nitrogens is 4. The zero-order valence-electron chi connectivity index (χ0n) is 17.2. The molecule has 0 unspecified atom stereocenters. The summed E-state index contributed by atoms with van der Waals surface area (Å²) in [4.78, 5) is 12.3. The number of halogens is 1. The molecular formula is C21H18FN5O3S2. The molecule has 0 aliphatic rings. The van der Waals surface area contributed by atoms with Crippen LogP contribution >= 0.6 is 23.1 Å². The van der Waals surface area contributed by atoms with Crippen LogP contribution in [0.2, 0.25) is 0 Å². The summed E-state index contributed by atoms with van der Waals surface area (Å²) in [7, 11) is 0. The number of thioether (sulfide) groups is 1. The van der Waals surface area contributed by atoms with E-state index in [-0.39, 0.29) is 17.4 Å². The molecule has 164 valence electrons. The third-order valence-electron chi connectivity index (χ3n) is 4.23. The average molecular weight is 472 g/mol. The molecule has 2 aromatic carbocycles. The van der Waals surface area contributed by atoms with Gasteiger partial charge in [0.25, 0.3) is 17.0 Å². The number of amides is 1. The van der Waals surface area contributed by atoms with Crippen molar-refractivity contribution in [2.75, 3.05) is 5.32 Å². The van der Waals surface area contributed by atoms with Crippen molar-refractivity contribution in [1.82, 2.24) is 20.4 Å². The quantitative estimate of drug-likeness (QED) is 0.366. The van der Waals surface area contributed by atoms with Gasteiger partial charge in [-0.1, -0.05) is 35.2 Å². The van der Waals surface area contributed by atoms with Gasteiger partial charge in [0.1, 0.15) is 16.6 Å². The van der Waals surface area contributed by atoms with Gasteiger partial charge in [-0.05, 0) is 55.3 Å². The minimum absolute atomic E-state index is 0.171. The monoisotopic (exact) mass is 471 g/mol. The van der Waals surface area contributed by atoms with E-state index in [1.54, 1.807) is 0 Å². The molecule has 4 rings (SSSR count). The maximum Gasteiger partial charge on any atom is 0.286 e. The van der Waals surface area contributed by atoms with E-state index in [0.29, 0.717) is 27.6 Å². The molecule has 0 spiro atoms. The van der Waals surface area contributed by atoms with Crippen LogP contribution in [-0.2, 0) is 12.4 Å². The first kappa shape index (κ1) is 21.9. The van der Waals surface area contributed by atoms with Crippen LogP contribution in [0.15, 0.2) is 52.1 Å². The fourth-order valence-electron chi connectivity index (χ4n) is 2.60. The van der Waals surface area contributed by atoms with E-state index in [4.69, 9.17) is 9.15 Å². The van der Waals surface area contributed by atoms with Crippen LogP contribution in [0.4, 0.5) is 10.1 Å². The number of carbonyl (C=O) groups is 1. The van der Waals surface area contributed by atoms with Gasteiger partial charge in [0.05, 0.1) is 5.75 Å². The smallest absolute Gasteiger partial charge is 0.286 e. The first-order chi connectivity index (χ1) is 15.5. The molecule has 0 atom stereocenters. The number of aryl methyl sites for hydroxylation is 2. The van der Waals surface area contributed by atoms with Crippen molar-refractivity contribution in [2.24, 2.45) is 0 Å². The number of nitrogens with one attached hydrogen (secondary N) is 1. The second-order valence-electron chi connectivity index (χ2n) is 6.77. The third-order valence-corrected chi connectivity index (χ3v) is 6.16. The fourth-order valence-corrected chi connectivity index (χ4v) is 4.10. The molecule has 2 heterocycles. The highest BCUT2D eigenvalue weighted by molar-refractivity contribution is 7.98. The van der Waals surface area contributed by atoms with Gasteiger partial charge in [-0.2, -0.15) is 0 Å².